The van der Waals surface area contributed by atoms with Crippen LogP contribution in [0.2, 0.25) is 5.02 Å². The van der Waals surface area contributed by atoms with Gasteiger partial charge >= 0.3 is 0 Å². The molecule has 0 bridgehead atoms. The first-order valence-electron chi connectivity index (χ1n) is 9.14. The molecule has 28 heavy (non-hydrogen) atoms. The van der Waals surface area contributed by atoms with Gasteiger partial charge in [0.05, 0.1) is 12.1 Å². The van der Waals surface area contributed by atoms with E-state index >= 15 is 0 Å². The van der Waals surface area contributed by atoms with Gasteiger partial charge in [-0.25, -0.2) is 4.39 Å². The van der Waals surface area contributed by atoms with E-state index in [9.17, 15) is 4.39 Å². The maximum Gasteiger partial charge on any atom is 0.180 e. The lowest BCUT2D eigenvalue weighted by molar-refractivity contribution is 0.279. The summed E-state index contributed by atoms with van der Waals surface area (Å²) in [5, 5.41) is 3.85. The van der Waals surface area contributed by atoms with Gasteiger partial charge < -0.3 is 14.8 Å². The van der Waals surface area contributed by atoms with E-state index in [0.717, 1.165) is 18.5 Å². The van der Waals surface area contributed by atoms with Gasteiger partial charge in [-0.05, 0) is 42.3 Å². The van der Waals surface area contributed by atoms with Crippen molar-refractivity contribution in [1.29, 1.82) is 0 Å². The molecule has 0 radical (unpaired) electrons. The third kappa shape index (κ3) is 5.47. The maximum absolute atomic E-state index is 13.8. The molecule has 0 saturated carbocycles. The van der Waals surface area contributed by atoms with E-state index in [2.05, 4.69) is 17.4 Å². The van der Waals surface area contributed by atoms with Crippen LogP contribution in [0.25, 0.3) is 0 Å². The van der Waals surface area contributed by atoms with Crippen LogP contribution in [0.5, 0.6) is 11.5 Å². The zero-order chi connectivity index (χ0) is 19.8. The molecular weight excluding hydrogens is 377 g/mol. The number of hydrogen-bond donors (Lipinski definition) is 1. The average molecular weight is 400 g/mol. The van der Waals surface area contributed by atoms with E-state index in [0.29, 0.717) is 28.6 Å². The summed E-state index contributed by atoms with van der Waals surface area (Å²) in [6.07, 6.45) is 0.954. The molecule has 0 atom stereocenters. The van der Waals surface area contributed by atoms with Gasteiger partial charge in [0.1, 0.15) is 12.4 Å². The molecule has 0 saturated heterocycles. The normalized spacial score (nSPS) is 10.7. The van der Waals surface area contributed by atoms with Gasteiger partial charge in [-0.1, -0.05) is 60.1 Å². The highest BCUT2D eigenvalue weighted by Gasteiger charge is 2.13. The lowest BCUT2D eigenvalue weighted by Crippen LogP contribution is -2.16. The second-order valence-electron chi connectivity index (χ2n) is 6.40. The molecule has 0 unspecified atom stereocenters. The van der Waals surface area contributed by atoms with E-state index < -0.39 is 0 Å². The standard InChI is InChI=1S/C23H23ClFNO2/c1-27-22-14-18(15-26-12-11-17-7-3-2-4-8-17)13-20(24)23(22)28-16-19-9-5-6-10-21(19)25/h2-10,13-14,26H,11-12,15-16H2,1H3. The van der Waals surface area contributed by atoms with Gasteiger partial charge in [0, 0.05) is 12.1 Å². The first-order valence-corrected chi connectivity index (χ1v) is 9.52. The summed E-state index contributed by atoms with van der Waals surface area (Å²) in [7, 11) is 1.56. The van der Waals surface area contributed by atoms with E-state index in [1.54, 1.807) is 25.3 Å². The number of methoxy groups -OCH3 is 1. The third-order valence-corrected chi connectivity index (χ3v) is 4.66. The fourth-order valence-electron chi connectivity index (χ4n) is 2.89. The Kier molecular flexibility index (Phi) is 7.29. The fraction of sp³-hybridized carbons (Fsp3) is 0.217. The number of nitrogens with one attached hydrogen (secondary N) is 1. The number of rotatable bonds is 9. The van der Waals surface area contributed by atoms with Crippen molar-refractivity contribution in [3.8, 4) is 11.5 Å². The van der Waals surface area contributed by atoms with Crippen molar-refractivity contribution in [2.45, 2.75) is 19.6 Å². The monoisotopic (exact) mass is 399 g/mol. The molecule has 1 N–H and O–H groups in total. The predicted molar refractivity (Wildman–Crippen MR) is 111 cm³/mol. The molecule has 0 aromatic heterocycles. The highest BCUT2D eigenvalue weighted by atomic mass is 35.5. The van der Waals surface area contributed by atoms with Crippen molar-refractivity contribution in [3.05, 3.63) is 94.3 Å². The van der Waals surface area contributed by atoms with Crippen molar-refractivity contribution < 1.29 is 13.9 Å². The SMILES string of the molecule is COc1cc(CNCCc2ccccc2)cc(Cl)c1OCc1ccccc1F. The van der Waals surface area contributed by atoms with Gasteiger partial charge in [-0.3, -0.25) is 0 Å². The van der Waals surface area contributed by atoms with Crippen molar-refractivity contribution in [2.75, 3.05) is 13.7 Å². The minimum Gasteiger partial charge on any atom is -0.493 e. The molecule has 0 amide bonds. The molecule has 3 aromatic rings. The minimum atomic E-state index is -0.308. The highest BCUT2D eigenvalue weighted by molar-refractivity contribution is 6.32. The predicted octanol–water partition coefficient (Wildman–Crippen LogP) is 5.40. The largest absolute Gasteiger partial charge is 0.493 e. The zero-order valence-corrected chi connectivity index (χ0v) is 16.5. The fourth-order valence-corrected chi connectivity index (χ4v) is 3.18. The van der Waals surface area contributed by atoms with Crippen LogP contribution < -0.4 is 14.8 Å². The summed E-state index contributed by atoms with van der Waals surface area (Å²) >= 11 is 6.40. The lowest BCUT2D eigenvalue weighted by Gasteiger charge is -2.15. The van der Waals surface area contributed by atoms with Crippen LogP contribution >= 0.6 is 11.6 Å². The third-order valence-electron chi connectivity index (χ3n) is 4.38. The molecular formula is C23H23ClFNO2. The summed E-state index contributed by atoms with van der Waals surface area (Å²) in [4.78, 5) is 0. The van der Waals surface area contributed by atoms with Gasteiger partial charge in [-0.15, -0.1) is 0 Å². The molecule has 146 valence electrons. The van der Waals surface area contributed by atoms with Crippen molar-refractivity contribution in [2.24, 2.45) is 0 Å². The molecule has 5 heteroatoms. The zero-order valence-electron chi connectivity index (χ0n) is 15.8. The molecule has 0 aliphatic carbocycles. The number of benzene rings is 3. The van der Waals surface area contributed by atoms with E-state index in [1.165, 1.54) is 11.6 Å². The molecule has 0 aliphatic rings. The number of halogens is 2. The number of hydrogen-bond acceptors (Lipinski definition) is 3. The maximum atomic E-state index is 13.8. The Bertz CT molecular complexity index is 902. The van der Waals surface area contributed by atoms with Gasteiger partial charge in [0.2, 0.25) is 0 Å². The second kappa shape index (κ2) is 10.1. The summed E-state index contributed by atoms with van der Waals surface area (Å²) in [5.41, 5.74) is 2.75. The molecule has 0 aliphatic heterocycles. The quantitative estimate of drug-likeness (QED) is 0.489. The Hall–Kier alpha value is -2.56. The second-order valence-corrected chi connectivity index (χ2v) is 6.81. The summed E-state index contributed by atoms with van der Waals surface area (Å²) in [5.74, 6) is 0.640. The van der Waals surface area contributed by atoms with Crippen molar-refractivity contribution in [3.63, 3.8) is 0 Å². The lowest BCUT2D eigenvalue weighted by atomic mass is 10.1. The van der Waals surface area contributed by atoms with E-state index in [1.807, 2.05) is 30.3 Å². The van der Waals surface area contributed by atoms with Gasteiger partial charge in [0.15, 0.2) is 11.5 Å². The minimum absolute atomic E-state index is 0.0808. The molecule has 0 spiro atoms. The summed E-state index contributed by atoms with van der Waals surface area (Å²) in [6.45, 7) is 1.60. The van der Waals surface area contributed by atoms with Gasteiger partial charge in [0.25, 0.3) is 0 Å². The van der Waals surface area contributed by atoms with Crippen LogP contribution in [0.4, 0.5) is 4.39 Å². The van der Waals surface area contributed by atoms with Crippen LogP contribution in [0, 0.1) is 5.82 Å². The van der Waals surface area contributed by atoms with Crippen LogP contribution in [0.1, 0.15) is 16.7 Å². The smallest absolute Gasteiger partial charge is 0.180 e. The molecule has 3 aromatic carbocycles. The van der Waals surface area contributed by atoms with Crippen LogP contribution in [0.3, 0.4) is 0 Å². The summed E-state index contributed by atoms with van der Waals surface area (Å²) < 4.78 is 25.0. The Balaban J connectivity index is 1.60. The van der Waals surface area contributed by atoms with Crippen LogP contribution in [0.15, 0.2) is 66.7 Å². The molecule has 3 nitrogen and oxygen atoms in total. The Morgan fingerprint density at radius 1 is 0.964 bits per heavy atom. The topological polar surface area (TPSA) is 30.5 Å². The first-order chi connectivity index (χ1) is 13.7. The molecule has 0 fully saturated rings. The average Bonchev–Trinajstić information content (AvgIpc) is 2.72. The first kappa shape index (κ1) is 20.2. The van der Waals surface area contributed by atoms with Crippen LogP contribution in [-0.2, 0) is 19.6 Å². The van der Waals surface area contributed by atoms with E-state index in [-0.39, 0.29) is 12.4 Å². The highest BCUT2D eigenvalue weighted by Crippen LogP contribution is 2.37. The number of ether oxygens (including phenoxy) is 2. The van der Waals surface area contributed by atoms with Crippen LogP contribution in [-0.4, -0.2) is 13.7 Å². The molecule has 3 rings (SSSR count). The Morgan fingerprint density at radius 3 is 2.46 bits per heavy atom. The van der Waals surface area contributed by atoms with Crippen molar-refractivity contribution >= 4 is 11.6 Å². The Labute approximate surface area is 170 Å². The summed E-state index contributed by atoms with van der Waals surface area (Å²) in [6, 6.07) is 20.6. The van der Waals surface area contributed by atoms with E-state index in [4.69, 9.17) is 21.1 Å². The molecule has 0 heterocycles. The Morgan fingerprint density at radius 2 is 1.71 bits per heavy atom. The van der Waals surface area contributed by atoms with Gasteiger partial charge in [-0.2, -0.15) is 0 Å². The van der Waals surface area contributed by atoms with Crippen molar-refractivity contribution in [1.82, 2.24) is 5.32 Å².